The zero-order chi connectivity index (χ0) is 20.3. The van der Waals surface area contributed by atoms with Gasteiger partial charge in [-0.05, 0) is 44.2 Å². The Labute approximate surface area is 164 Å². The van der Waals surface area contributed by atoms with Gasteiger partial charge in [-0.1, -0.05) is 6.08 Å². The molecule has 0 spiro atoms. The van der Waals surface area contributed by atoms with E-state index in [4.69, 9.17) is 14.9 Å². The Morgan fingerprint density at radius 3 is 2.64 bits per heavy atom. The van der Waals surface area contributed by atoms with Crippen molar-refractivity contribution in [3.63, 3.8) is 0 Å². The minimum absolute atomic E-state index is 0.217. The highest BCUT2D eigenvalue weighted by Gasteiger charge is 2.55. The smallest absolute Gasteiger partial charge is 0.414 e. The van der Waals surface area contributed by atoms with Crippen molar-refractivity contribution in [2.45, 2.75) is 19.4 Å². The summed E-state index contributed by atoms with van der Waals surface area (Å²) < 4.78 is 20.1. The van der Waals surface area contributed by atoms with E-state index >= 15 is 0 Å². The van der Waals surface area contributed by atoms with Crippen molar-refractivity contribution in [3.8, 4) is 0 Å². The van der Waals surface area contributed by atoms with Gasteiger partial charge in [-0.25, -0.2) is 9.18 Å². The molecule has 2 saturated heterocycles. The van der Waals surface area contributed by atoms with Crippen LogP contribution in [-0.2, 0) is 9.53 Å². The van der Waals surface area contributed by atoms with Crippen LogP contribution in [0.3, 0.4) is 0 Å². The highest BCUT2D eigenvalue weighted by Crippen LogP contribution is 2.51. The number of cyclic esters (lactones) is 1. The number of allylic oxidation sites excluding steroid dienone is 4. The SMILES string of the molecule is CC=O.CNCC1CN(C2=CC(F)=C(N3C[C@@H]4C(C=N)[C@@H]4C3)CC=C2)C(=O)O1. The first-order chi connectivity index (χ1) is 13.5. The van der Waals surface area contributed by atoms with Crippen LogP contribution >= 0.6 is 0 Å². The molecule has 2 aliphatic carbocycles. The summed E-state index contributed by atoms with van der Waals surface area (Å²) in [6, 6.07) is 0. The molecule has 2 unspecified atom stereocenters. The summed E-state index contributed by atoms with van der Waals surface area (Å²) in [7, 11) is 1.81. The number of aldehydes is 1. The van der Waals surface area contributed by atoms with Gasteiger partial charge in [-0.3, -0.25) is 4.90 Å². The summed E-state index contributed by atoms with van der Waals surface area (Å²) in [5.41, 5.74) is 1.22. The fraction of sp³-hybridized carbons (Fsp3) is 0.550. The topological polar surface area (TPSA) is 85.7 Å². The molecule has 2 aliphatic heterocycles. The first-order valence-electron chi connectivity index (χ1n) is 9.59. The number of carbonyl (C=O) groups excluding carboxylic acids is 2. The van der Waals surface area contributed by atoms with Crippen LogP contribution in [0.4, 0.5) is 9.18 Å². The van der Waals surface area contributed by atoms with Crippen LogP contribution in [0.2, 0.25) is 0 Å². The molecule has 4 rings (SSSR count). The molecule has 28 heavy (non-hydrogen) atoms. The van der Waals surface area contributed by atoms with Crippen molar-refractivity contribution in [2.75, 3.05) is 33.2 Å². The Balaban J connectivity index is 0.000000706. The van der Waals surface area contributed by atoms with Crippen LogP contribution in [0.25, 0.3) is 0 Å². The summed E-state index contributed by atoms with van der Waals surface area (Å²) in [6.07, 6.45) is 7.30. The first kappa shape index (κ1) is 20.3. The molecule has 7 nitrogen and oxygen atoms in total. The Bertz CT molecular complexity index is 721. The zero-order valence-electron chi connectivity index (χ0n) is 16.2. The van der Waals surface area contributed by atoms with Gasteiger partial charge in [0, 0.05) is 37.7 Å². The number of hydrogen-bond acceptors (Lipinski definition) is 6. The second kappa shape index (κ2) is 8.68. The molecule has 4 aliphatic rings. The van der Waals surface area contributed by atoms with Gasteiger partial charge in [0.05, 0.1) is 12.2 Å². The average molecular weight is 390 g/mol. The Hall–Kier alpha value is -2.48. The molecular formula is C20H27FN4O3. The molecule has 0 bridgehead atoms. The second-order valence-corrected chi connectivity index (χ2v) is 7.36. The molecule has 0 aromatic carbocycles. The van der Waals surface area contributed by atoms with E-state index in [2.05, 4.69) is 10.2 Å². The molecule has 0 aromatic heterocycles. The number of halogens is 1. The maximum atomic E-state index is 14.8. The number of piperidine rings is 1. The predicted octanol–water partition coefficient (Wildman–Crippen LogP) is 2.08. The summed E-state index contributed by atoms with van der Waals surface area (Å²) >= 11 is 0. The molecule has 2 heterocycles. The predicted molar refractivity (Wildman–Crippen MR) is 103 cm³/mol. The number of likely N-dealkylation sites (tertiary alicyclic amines) is 1. The second-order valence-electron chi connectivity index (χ2n) is 7.36. The summed E-state index contributed by atoms with van der Waals surface area (Å²) in [5.74, 6) is 1.11. The number of rotatable bonds is 5. The summed E-state index contributed by atoms with van der Waals surface area (Å²) in [5, 5.41) is 10.4. The van der Waals surface area contributed by atoms with E-state index in [-0.39, 0.29) is 11.9 Å². The molecule has 3 fully saturated rings. The van der Waals surface area contributed by atoms with Gasteiger partial charge in [0.25, 0.3) is 0 Å². The molecule has 1 amide bonds. The highest BCUT2D eigenvalue weighted by molar-refractivity contribution is 5.73. The van der Waals surface area contributed by atoms with E-state index in [1.54, 1.807) is 13.1 Å². The third-order valence-corrected chi connectivity index (χ3v) is 5.60. The van der Waals surface area contributed by atoms with Crippen molar-refractivity contribution in [3.05, 3.63) is 35.4 Å². The van der Waals surface area contributed by atoms with Crippen molar-refractivity contribution in [1.29, 1.82) is 5.41 Å². The van der Waals surface area contributed by atoms with Gasteiger partial charge in [-0.15, -0.1) is 0 Å². The molecule has 1 saturated carbocycles. The van der Waals surface area contributed by atoms with Crippen LogP contribution in [0.5, 0.6) is 0 Å². The third-order valence-electron chi connectivity index (χ3n) is 5.60. The minimum atomic E-state index is -0.427. The quantitative estimate of drug-likeness (QED) is 0.555. The van der Waals surface area contributed by atoms with E-state index < -0.39 is 6.09 Å². The van der Waals surface area contributed by atoms with E-state index in [1.165, 1.54) is 24.1 Å². The number of ether oxygens (including phenoxy) is 1. The lowest BCUT2D eigenvalue weighted by Gasteiger charge is -2.23. The normalized spacial score (nSPS) is 30.8. The molecular weight excluding hydrogens is 363 g/mol. The fourth-order valence-corrected chi connectivity index (χ4v) is 4.20. The van der Waals surface area contributed by atoms with Crippen molar-refractivity contribution >= 4 is 18.6 Å². The molecule has 0 radical (unpaired) electrons. The van der Waals surface area contributed by atoms with Crippen molar-refractivity contribution in [2.24, 2.45) is 17.8 Å². The lowest BCUT2D eigenvalue weighted by molar-refractivity contribution is -0.106. The van der Waals surface area contributed by atoms with E-state index in [9.17, 15) is 9.18 Å². The number of nitrogens with one attached hydrogen (secondary N) is 2. The van der Waals surface area contributed by atoms with E-state index in [0.717, 1.165) is 19.4 Å². The molecule has 4 atom stereocenters. The Morgan fingerprint density at radius 2 is 2.04 bits per heavy atom. The molecule has 0 aromatic rings. The summed E-state index contributed by atoms with van der Waals surface area (Å²) in [4.78, 5) is 24.5. The standard InChI is InChI=1S/C18H23FN4O2.C2H4O/c1-21-7-12-8-23(18(24)25-12)11-3-2-4-17(16(19)5-11)22-9-14-13(6-20)15(14)10-22;1-2-3/h2-3,5-6,12-15,20-21H,4,7-10H2,1H3;2H,1H3/t12?,13?,14-,15+;. The number of carbonyl (C=O) groups is 2. The van der Waals surface area contributed by atoms with Crippen LogP contribution in [0.1, 0.15) is 13.3 Å². The Morgan fingerprint density at radius 1 is 1.36 bits per heavy atom. The van der Waals surface area contributed by atoms with E-state index in [1.807, 2.05) is 6.08 Å². The van der Waals surface area contributed by atoms with Gasteiger partial charge < -0.3 is 25.2 Å². The largest absolute Gasteiger partial charge is 0.443 e. The number of likely N-dealkylation sites (N-methyl/N-ethyl adjacent to an activating group) is 1. The monoisotopic (exact) mass is 390 g/mol. The van der Waals surface area contributed by atoms with E-state index in [0.29, 0.717) is 48.7 Å². The van der Waals surface area contributed by atoms with Crippen molar-refractivity contribution < 1.29 is 18.7 Å². The number of hydrogen-bond donors (Lipinski definition) is 2. The van der Waals surface area contributed by atoms with Gasteiger partial charge in [-0.2, -0.15) is 0 Å². The third kappa shape index (κ3) is 4.01. The zero-order valence-corrected chi connectivity index (χ0v) is 16.2. The minimum Gasteiger partial charge on any atom is -0.443 e. The lowest BCUT2D eigenvalue weighted by atomic mass is 10.2. The van der Waals surface area contributed by atoms with Crippen LogP contribution < -0.4 is 5.32 Å². The summed E-state index contributed by atoms with van der Waals surface area (Å²) in [6.45, 7) is 4.09. The van der Waals surface area contributed by atoms with Crippen LogP contribution in [0, 0.1) is 23.2 Å². The fourth-order valence-electron chi connectivity index (χ4n) is 4.20. The average Bonchev–Trinajstić information content (AvgIpc) is 2.99. The molecule has 152 valence electrons. The van der Waals surface area contributed by atoms with Gasteiger partial charge in [0.2, 0.25) is 0 Å². The number of amides is 1. The van der Waals surface area contributed by atoms with Crippen molar-refractivity contribution in [1.82, 2.24) is 15.1 Å². The maximum Gasteiger partial charge on any atom is 0.414 e. The van der Waals surface area contributed by atoms with Crippen LogP contribution in [-0.4, -0.2) is 67.7 Å². The molecule has 2 N–H and O–H groups in total. The van der Waals surface area contributed by atoms with Gasteiger partial charge in [0.1, 0.15) is 18.2 Å². The lowest BCUT2D eigenvalue weighted by Crippen LogP contribution is -2.28. The Kier molecular flexibility index (Phi) is 6.28. The number of fused-ring (bicyclic) bond motifs is 1. The van der Waals surface area contributed by atoms with Gasteiger partial charge >= 0.3 is 6.09 Å². The maximum absolute atomic E-state index is 14.8. The highest BCUT2D eigenvalue weighted by atomic mass is 19.1. The number of nitrogens with zero attached hydrogens (tertiary/aromatic N) is 2. The van der Waals surface area contributed by atoms with Gasteiger partial charge in [0.15, 0.2) is 0 Å². The first-order valence-corrected chi connectivity index (χ1v) is 9.59. The van der Waals surface area contributed by atoms with Crippen LogP contribution in [0.15, 0.2) is 35.4 Å². The molecule has 8 heteroatoms.